The third-order valence-corrected chi connectivity index (χ3v) is 4.09. The zero-order valence-electron chi connectivity index (χ0n) is 13.1. The molecule has 0 unspecified atom stereocenters. The number of alkyl halides is 2. The lowest BCUT2D eigenvalue weighted by Gasteiger charge is -2.34. The molecule has 14 heteroatoms. The first-order valence-corrected chi connectivity index (χ1v) is 8.64. The molecule has 2 bridgehead atoms. The Balaban J connectivity index is 2.05. The van der Waals surface area contributed by atoms with Gasteiger partial charge in [-0.1, -0.05) is 0 Å². The quantitative estimate of drug-likeness (QED) is 0.270. The first-order chi connectivity index (χ1) is 11.6. The molecule has 2 heterocycles. The summed E-state index contributed by atoms with van der Waals surface area (Å²) in [6.07, 6.45) is -0.487. The van der Waals surface area contributed by atoms with Crippen molar-refractivity contribution < 1.29 is 40.5 Å². The second-order valence-corrected chi connectivity index (χ2v) is 6.54. The van der Waals surface area contributed by atoms with E-state index >= 15 is 0 Å². The van der Waals surface area contributed by atoms with E-state index in [2.05, 4.69) is 9.60 Å². The maximum absolute atomic E-state index is 14.2. The van der Waals surface area contributed by atoms with Crippen molar-refractivity contribution in [2.24, 2.45) is 0 Å². The summed E-state index contributed by atoms with van der Waals surface area (Å²) >= 11 is 0. The molecule has 0 aromatic heterocycles. The van der Waals surface area contributed by atoms with Crippen LogP contribution in [0.1, 0.15) is 12.8 Å². The molecule has 0 aromatic rings. The third-order valence-electron chi connectivity index (χ3n) is 3.74. The van der Waals surface area contributed by atoms with Crippen molar-refractivity contribution in [3.05, 3.63) is 0 Å². The molecule has 11 nitrogen and oxygen atoms in total. The van der Waals surface area contributed by atoms with Crippen LogP contribution in [-0.4, -0.2) is 79.6 Å². The number of carbonyl (C=O) groups excluding carboxylic acids is 2. The first-order valence-electron chi connectivity index (χ1n) is 7.27. The van der Waals surface area contributed by atoms with Crippen LogP contribution in [0.4, 0.5) is 13.6 Å². The van der Waals surface area contributed by atoms with Gasteiger partial charge in [0.2, 0.25) is 0 Å². The zero-order valence-corrected chi connectivity index (χ0v) is 14.0. The van der Waals surface area contributed by atoms with Crippen LogP contribution >= 0.6 is 0 Å². The number of fused-ring (bicyclic) bond motifs is 2. The lowest BCUT2D eigenvalue weighted by molar-refractivity contribution is -0.159. The molecular formula is C11H18F2N4O7S. The minimum Gasteiger partial charge on any atom is -0.320 e. The molecule has 0 spiro atoms. The smallest absolute Gasteiger partial charge is 0.320 e. The Morgan fingerprint density at radius 1 is 1.48 bits per heavy atom. The molecule has 0 radical (unpaired) electrons. The lowest BCUT2D eigenvalue weighted by Crippen LogP contribution is -2.56. The Morgan fingerprint density at radius 2 is 2.16 bits per heavy atom. The second-order valence-electron chi connectivity index (χ2n) is 5.53. The van der Waals surface area contributed by atoms with Crippen LogP contribution in [0.2, 0.25) is 0 Å². The normalized spacial score (nSPS) is 25.4. The molecule has 2 atom stereocenters. The monoisotopic (exact) mass is 388 g/mol. The van der Waals surface area contributed by atoms with Crippen LogP contribution in [-0.2, 0) is 24.3 Å². The summed E-state index contributed by atoms with van der Waals surface area (Å²) in [7, 11) is -3.46. The van der Waals surface area contributed by atoms with Gasteiger partial charge in [0.25, 0.3) is 11.8 Å². The van der Waals surface area contributed by atoms with E-state index in [0.717, 1.165) is 4.90 Å². The highest BCUT2D eigenvalue weighted by atomic mass is 32.3. The predicted molar refractivity (Wildman–Crippen MR) is 76.4 cm³/mol. The number of halogens is 2. The topological polar surface area (TPSA) is 138 Å². The minimum atomic E-state index is -5.18. The van der Waals surface area contributed by atoms with E-state index in [-0.39, 0.29) is 11.7 Å². The van der Waals surface area contributed by atoms with Gasteiger partial charge in [-0.2, -0.15) is 13.5 Å². The van der Waals surface area contributed by atoms with Crippen molar-refractivity contribution in [3.8, 4) is 0 Å². The van der Waals surface area contributed by atoms with Crippen molar-refractivity contribution in [2.45, 2.75) is 30.8 Å². The van der Waals surface area contributed by atoms with Gasteiger partial charge in [-0.3, -0.25) is 14.2 Å². The summed E-state index contributed by atoms with van der Waals surface area (Å²) in [5.74, 6) is -4.58. The van der Waals surface area contributed by atoms with Crippen LogP contribution in [0.25, 0.3) is 0 Å². The Morgan fingerprint density at radius 3 is 2.76 bits per heavy atom. The molecule has 2 rings (SSSR count). The molecule has 25 heavy (non-hydrogen) atoms. The standard InChI is InChI=1S/C11H18F2N4O7S/c1-14-3-2-4-23-15-9(18)7-5-11(12,13)8-6-16(7)10(19)17(8)24-25(20,21)22/h7-8,14H,2-6H2,1H3,(H,15,18)(H,20,21,22)/t7-,8-/m0/s1. The molecular weight excluding hydrogens is 370 g/mol. The van der Waals surface area contributed by atoms with E-state index < -0.39 is 53.3 Å². The largest absolute Gasteiger partial charge is 0.418 e. The number of urea groups is 1. The van der Waals surface area contributed by atoms with Crippen LogP contribution in [0.5, 0.6) is 0 Å². The van der Waals surface area contributed by atoms with Gasteiger partial charge in [-0.05, 0) is 20.0 Å². The van der Waals surface area contributed by atoms with E-state index in [1.165, 1.54) is 0 Å². The fourth-order valence-electron chi connectivity index (χ4n) is 2.60. The fourth-order valence-corrected chi connectivity index (χ4v) is 2.97. The molecule has 144 valence electrons. The Bertz CT molecular complexity index is 632. The van der Waals surface area contributed by atoms with Gasteiger partial charge in [0.15, 0.2) is 0 Å². The molecule has 0 saturated carbocycles. The summed E-state index contributed by atoms with van der Waals surface area (Å²) in [4.78, 5) is 29.7. The maximum atomic E-state index is 14.2. The molecule has 2 fully saturated rings. The number of rotatable bonds is 8. The van der Waals surface area contributed by atoms with E-state index in [9.17, 15) is 26.8 Å². The van der Waals surface area contributed by atoms with E-state index in [1.807, 2.05) is 5.48 Å². The summed E-state index contributed by atoms with van der Waals surface area (Å²) in [5.41, 5.74) is 1.99. The Kier molecular flexibility index (Phi) is 5.78. The summed E-state index contributed by atoms with van der Waals surface area (Å²) in [5, 5.41) is 2.72. The average Bonchev–Trinajstić information content (AvgIpc) is 2.77. The average molecular weight is 388 g/mol. The number of carbonyl (C=O) groups is 2. The third kappa shape index (κ3) is 4.52. The minimum absolute atomic E-state index is 0.129. The number of hydrogen-bond acceptors (Lipinski definition) is 7. The summed E-state index contributed by atoms with van der Waals surface area (Å²) < 4.78 is 62.4. The van der Waals surface area contributed by atoms with Gasteiger partial charge < -0.3 is 10.2 Å². The maximum Gasteiger partial charge on any atom is 0.418 e. The number of hydrogen-bond donors (Lipinski definition) is 3. The van der Waals surface area contributed by atoms with Crippen LogP contribution in [0.15, 0.2) is 0 Å². The van der Waals surface area contributed by atoms with Crippen molar-refractivity contribution >= 4 is 22.3 Å². The van der Waals surface area contributed by atoms with E-state index in [1.54, 1.807) is 7.05 Å². The number of nitrogens with zero attached hydrogens (tertiary/aromatic N) is 2. The fraction of sp³-hybridized carbons (Fsp3) is 0.818. The molecule has 2 saturated heterocycles. The van der Waals surface area contributed by atoms with Crippen LogP contribution in [0, 0.1) is 0 Å². The van der Waals surface area contributed by atoms with Gasteiger partial charge in [0.1, 0.15) is 12.1 Å². The van der Waals surface area contributed by atoms with Crippen molar-refractivity contribution in [3.63, 3.8) is 0 Å². The highest BCUT2D eigenvalue weighted by Gasteiger charge is 2.62. The van der Waals surface area contributed by atoms with Gasteiger partial charge in [-0.25, -0.2) is 19.1 Å². The zero-order chi connectivity index (χ0) is 18.8. The van der Waals surface area contributed by atoms with E-state index in [0.29, 0.717) is 13.0 Å². The number of amides is 3. The molecule has 2 aliphatic rings. The second kappa shape index (κ2) is 7.33. The highest BCUT2D eigenvalue weighted by molar-refractivity contribution is 7.80. The SMILES string of the molecule is CNCCCONC(=O)[C@@H]1CC(F)(F)[C@@H]2CN1C(=O)N2OS(=O)(=O)O. The highest BCUT2D eigenvalue weighted by Crippen LogP contribution is 2.40. The molecule has 2 aliphatic heterocycles. The molecule has 3 amide bonds. The first kappa shape index (κ1) is 19.7. The van der Waals surface area contributed by atoms with Crippen molar-refractivity contribution in [1.29, 1.82) is 0 Å². The van der Waals surface area contributed by atoms with Crippen molar-refractivity contribution in [1.82, 2.24) is 20.8 Å². The molecule has 0 aromatic carbocycles. The van der Waals surface area contributed by atoms with Gasteiger partial charge in [0.05, 0.1) is 13.2 Å². The molecule has 0 aliphatic carbocycles. The molecule has 3 N–H and O–H groups in total. The van der Waals surface area contributed by atoms with Crippen LogP contribution in [0.3, 0.4) is 0 Å². The van der Waals surface area contributed by atoms with E-state index in [4.69, 9.17) is 9.39 Å². The van der Waals surface area contributed by atoms with Crippen molar-refractivity contribution in [2.75, 3.05) is 26.7 Å². The van der Waals surface area contributed by atoms with Gasteiger partial charge in [-0.15, -0.1) is 4.28 Å². The van der Waals surface area contributed by atoms with Gasteiger partial charge >= 0.3 is 16.4 Å². The Hall–Kier alpha value is -1.61. The number of nitrogens with one attached hydrogen (secondary N) is 2. The predicted octanol–water partition coefficient (Wildman–Crippen LogP) is -1.11. The summed E-state index contributed by atoms with van der Waals surface area (Å²) in [6, 6.07) is -4.78. The van der Waals surface area contributed by atoms with Crippen LogP contribution < -0.4 is 10.8 Å². The Labute approximate surface area is 142 Å². The number of piperidine rings is 1. The lowest BCUT2D eigenvalue weighted by atomic mass is 9.96. The summed E-state index contributed by atoms with van der Waals surface area (Å²) in [6.45, 7) is 0.106. The van der Waals surface area contributed by atoms with Gasteiger partial charge in [0, 0.05) is 6.42 Å². The number of hydroxylamine groups is 3.